The number of hydrogen-bond acceptors (Lipinski definition) is 10. The van der Waals surface area contributed by atoms with Gasteiger partial charge in [0.15, 0.2) is 11.6 Å². The number of urea groups is 1. The Hall–Kier alpha value is -3.23. The fraction of sp³-hybridized carbons (Fsp3) is 0.440. The highest BCUT2D eigenvalue weighted by Gasteiger charge is 2.56. The third kappa shape index (κ3) is 5.47. The number of carbonyl (C=O) groups excluding carboxylic acids is 1. The summed E-state index contributed by atoms with van der Waals surface area (Å²) in [7, 11) is -3.03. The van der Waals surface area contributed by atoms with Gasteiger partial charge in [0.2, 0.25) is 0 Å². The number of hydrogen-bond donors (Lipinski definition) is 5. The fourth-order valence-corrected chi connectivity index (χ4v) is 6.71. The zero-order valence-electron chi connectivity index (χ0n) is 21.0. The smallest absolute Gasteiger partial charge is 0.324 e. The molecule has 1 aliphatic carbocycles. The van der Waals surface area contributed by atoms with Gasteiger partial charge >= 0.3 is 6.03 Å². The van der Waals surface area contributed by atoms with Crippen LogP contribution in [0.5, 0.6) is 0 Å². The standard InChI is InChI=1S/C25H32N6O6S/c1-17-16-36-13-10-31(17)22-15-20(25(8-9-25)38(34,35)14-2-11-32)27-23(29-22)18-3-5-19(6-4-18)26-24(33)28-21-7-12-37-30-21/h3-7,12,15,17,32,34-35H,2,8-11,13-14,16H2,1H3,(H2,26,28,30,33)/t17-/m0/s1. The van der Waals surface area contributed by atoms with Crippen molar-refractivity contribution >= 4 is 33.9 Å². The van der Waals surface area contributed by atoms with E-state index in [0.717, 1.165) is 5.56 Å². The number of carbonyl (C=O) groups is 1. The van der Waals surface area contributed by atoms with Crippen molar-refractivity contribution in [3.8, 4) is 11.4 Å². The van der Waals surface area contributed by atoms with Crippen LogP contribution in [0.4, 0.5) is 22.1 Å². The third-order valence-electron chi connectivity index (χ3n) is 6.84. The van der Waals surface area contributed by atoms with E-state index >= 15 is 0 Å². The van der Waals surface area contributed by atoms with Crippen LogP contribution in [0, 0.1) is 0 Å². The molecule has 3 heterocycles. The van der Waals surface area contributed by atoms with Gasteiger partial charge in [0.05, 0.1) is 24.9 Å². The first-order valence-electron chi connectivity index (χ1n) is 12.5. The zero-order chi connectivity index (χ0) is 26.8. The summed E-state index contributed by atoms with van der Waals surface area (Å²) in [4.78, 5) is 24.0. The SMILES string of the molecule is C[C@H]1COCCN1c1cc(C2(S(O)(O)CCCO)CC2)nc(-c2ccc(NC(=O)Nc3ccon3)cc2)n1. The number of anilines is 3. The molecule has 2 aliphatic rings. The lowest BCUT2D eigenvalue weighted by Crippen LogP contribution is -2.44. The minimum atomic E-state index is -3.03. The lowest BCUT2D eigenvalue weighted by Gasteiger charge is -2.41. The van der Waals surface area contributed by atoms with Crippen LogP contribution >= 0.6 is 10.6 Å². The van der Waals surface area contributed by atoms with E-state index in [9.17, 15) is 19.0 Å². The van der Waals surface area contributed by atoms with Crippen LogP contribution in [0.1, 0.15) is 31.9 Å². The molecule has 12 nitrogen and oxygen atoms in total. The second kappa shape index (κ2) is 10.9. The molecular formula is C25H32N6O6S. The highest BCUT2D eigenvalue weighted by Crippen LogP contribution is 2.71. The summed E-state index contributed by atoms with van der Waals surface area (Å²) in [6.07, 6.45) is 2.90. The Bertz CT molecular complexity index is 1250. The van der Waals surface area contributed by atoms with Crippen LogP contribution in [-0.4, -0.2) is 73.5 Å². The van der Waals surface area contributed by atoms with E-state index < -0.39 is 21.4 Å². The number of aromatic nitrogens is 3. The molecule has 1 atom stereocenters. The molecule has 2 fully saturated rings. The van der Waals surface area contributed by atoms with Gasteiger partial charge < -0.3 is 24.6 Å². The number of aliphatic hydroxyl groups is 1. The van der Waals surface area contributed by atoms with Gasteiger partial charge in [0.25, 0.3) is 0 Å². The topological polar surface area (TPSA) is 166 Å². The normalized spacial score (nSPS) is 19.2. The van der Waals surface area contributed by atoms with Gasteiger partial charge in [-0.15, -0.1) is 0 Å². The van der Waals surface area contributed by atoms with Crippen LogP contribution in [0.2, 0.25) is 0 Å². The number of ether oxygens (including phenoxy) is 1. The predicted octanol–water partition coefficient (Wildman–Crippen LogP) is 4.12. The molecule has 0 bridgehead atoms. The van der Waals surface area contributed by atoms with Crippen LogP contribution < -0.4 is 15.5 Å². The molecule has 5 rings (SSSR count). The van der Waals surface area contributed by atoms with Crippen LogP contribution in [0.3, 0.4) is 0 Å². The zero-order valence-corrected chi connectivity index (χ0v) is 21.9. The minimum absolute atomic E-state index is 0.0963. The van der Waals surface area contributed by atoms with E-state index in [2.05, 4.69) is 27.6 Å². The van der Waals surface area contributed by atoms with Gasteiger partial charge in [-0.3, -0.25) is 14.4 Å². The summed E-state index contributed by atoms with van der Waals surface area (Å²) in [6, 6.07) is 10.1. The molecule has 2 aromatic heterocycles. The van der Waals surface area contributed by atoms with Crippen molar-refractivity contribution in [3.05, 3.63) is 48.4 Å². The van der Waals surface area contributed by atoms with Gasteiger partial charge in [0, 0.05) is 42.3 Å². The largest absolute Gasteiger partial charge is 0.396 e. The van der Waals surface area contributed by atoms with Crippen molar-refractivity contribution in [1.82, 2.24) is 15.1 Å². The lowest BCUT2D eigenvalue weighted by atomic mass is 10.1. The second-order valence-corrected chi connectivity index (χ2v) is 12.1. The molecule has 3 aromatic rings. The first-order chi connectivity index (χ1) is 18.3. The van der Waals surface area contributed by atoms with Crippen LogP contribution in [0.25, 0.3) is 11.4 Å². The molecule has 5 N–H and O–H groups in total. The number of benzene rings is 1. The van der Waals surface area contributed by atoms with Crippen molar-refractivity contribution in [2.75, 3.05) is 47.7 Å². The number of amides is 2. The third-order valence-corrected chi connectivity index (χ3v) is 9.57. The van der Waals surface area contributed by atoms with E-state index in [-0.39, 0.29) is 18.4 Å². The lowest BCUT2D eigenvalue weighted by molar-refractivity contribution is 0.0985. The summed E-state index contributed by atoms with van der Waals surface area (Å²) in [5.74, 6) is 1.59. The molecule has 0 spiro atoms. The number of nitrogens with one attached hydrogen (secondary N) is 2. The monoisotopic (exact) mass is 544 g/mol. The van der Waals surface area contributed by atoms with Gasteiger partial charge in [-0.1, -0.05) is 5.16 Å². The summed E-state index contributed by atoms with van der Waals surface area (Å²) in [5.41, 5.74) is 1.88. The Labute approximate surface area is 221 Å². The molecular weight excluding hydrogens is 512 g/mol. The van der Waals surface area contributed by atoms with Gasteiger partial charge in [0.1, 0.15) is 16.8 Å². The molecule has 1 aliphatic heterocycles. The number of nitrogens with zero attached hydrogens (tertiary/aromatic N) is 4. The quantitative estimate of drug-likeness (QED) is 0.264. The van der Waals surface area contributed by atoms with Crippen molar-refractivity contribution in [2.24, 2.45) is 0 Å². The van der Waals surface area contributed by atoms with Gasteiger partial charge in [-0.25, -0.2) is 14.8 Å². The maximum atomic E-state index is 12.2. The molecule has 1 saturated carbocycles. The average molecular weight is 545 g/mol. The van der Waals surface area contributed by atoms with Crippen LogP contribution in [0.15, 0.2) is 47.2 Å². The van der Waals surface area contributed by atoms with E-state index in [1.54, 1.807) is 24.3 Å². The molecule has 38 heavy (non-hydrogen) atoms. The van der Waals surface area contributed by atoms with Crippen molar-refractivity contribution in [2.45, 2.75) is 37.0 Å². The van der Waals surface area contributed by atoms with E-state index in [0.29, 0.717) is 67.9 Å². The van der Waals surface area contributed by atoms with Crippen molar-refractivity contribution in [1.29, 1.82) is 0 Å². The molecule has 0 unspecified atom stereocenters. The maximum Gasteiger partial charge on any atom is 0.324 e. The first-order valence-corrected chi connectivity index (χ1v) is 14.2. The summed E-state index contributed by atoms with van der Waals surface area (Å²) in [5, 5.41) is 18.2. The summed E-state index contributed by atoms with van der Waals surface area (Å²) >= 11 is 0. The average Bonchev–Trinajstić information content (AvgIpc) is 3.60. The fourth-order valence-electron chi connectivity index (χ4n) is 4.60. The van der Waals surface area contributed by atoms with Gasteiger partial charge in [-0.05, 0) is 50.5 Å². The predicted molar refractivity (Wildman–Crippen MR) is 145 cm³/mol. The summed E-state index contributed by atoms with van der Waals surface area (Å²) in [6.45, 7) is 3.77. The number of aliphatic hydroxyl groups excluding tert-OH is 1. The molecule has 1 aromatic carbocycles. The molecule has 1 saturated heterocycles. The minimum Gasteiger partial charge on any atom is -0.396 e. The Kier molecular flexibility index (Phi) is 7.54. The highest BCUT2D eigenvalue weighted by molar-refractivity contribution is 8.25. The van der Waals surface area contributed by atoms with Crippen LogP contribution in [-0.2, 0) is 9.48 Å². The maximum absolute atomic E-state index is 12.2. The second-order valence-electron chi connectivity index (χ2n) is 9.54. The van der Waals surface area contributed by atoms with Crippen molar-refractivity contribution in [3.63, 3.8) is 0 Å². The number of morpholine rings is 1. The Balaban J connectivity index is 1.44. The van der Waals surface area contributed by atoms with E-state index in [1.165, 1.54) is 12.3 Å². The Morgan fingerprint density at radius 3 is 2.63 bits per heavy atom. The Morgan fingerprint density at radius 1 is 1.18 bits per heavy atom. The van der Waals surface area contributed by atoms with E-state index in [1.807, 2.05) is 6.07 Å². The number of rotatable bonds is 9. The highest BCUT2D eigenvalue weighted by atomic mass is 32.3. The first kappa shape index (κ1) is 26.4. The Morgan fingerprint density at radius 2 is 1.97 bits per heavy atom. The molecule has 204 valence electrons. The van der Waals surface area contributed by atoms with Gasteiger partial charge in [-0.2, -0.15) is 10.6 Å². The molecule has 0 radical (unpaired) electrons. The molecule has 2 amide bonds. The summed E-state index contributed by atoms with van der Waals surface area (Å²) < 4.78 is 31.7. The van der Waals surface area contributed by atoms with E-state index in [4.69, 9.17) is 19.2 Å². The molecule has 13 heteroatoms. The van der Waals surface area contributed by atoms with Crippen molar-refractivity contribution < 1.29 is 28.3 Å².